The first-order valence-corrected chi connectivity index (χ1v) is 11.2. The molecule has 1 atom stereocenters. The number of nitrogens with one attached hydrogen (secondary N) is 1. The molecule has 0 amide bonds. The van der Waals surface area contributed by atoms with Crippen molar-refractivity contribution in [1.29, 1.82) is 0 Å². The third-order valence-electron chi connectivity index (χ3n) is 5.74. The van der Waals surface area contributed by atoms with Gasteiger partial charge in [0.05, 0.1) is 20.3 Å². The first-order valence-electron chi connectivity index (χ1n) is 10.8. The minimum Gasteiger partial charge on any atom is -0.496 e. The Kier molecular flexibility index (Phi) is 7.53. The molecular weight excluding hydrogens is 424 g/mol. The fourth-order valence-electron chi connectivity index (χ4n) is 4.16. The van der Waals surface area contributed by atoms with E-state index < -0.39 is 0 Å². The lowest BCUT2D eigenvalue weighted by Gasteiger charge is -2.36. The summed E-state index contributed by atoms with van der Waals surface area (Å²) >= 11 is 6.40. The van der Waals surface area contributed by atoms with Gasteiger partial charge in [0.1, 0.15) is 12.4 Å². The summed E-state index contributed by atoms with van der Waals surface area (Å²) in [6.07, 6.45) is 0. The van der Waals surface area contributed by atoms with Crippen LogP contribution < -0.4 is 19.5 Å². The molecule has 1 unspecified atom stereocenters. The van der Waals surface area contributed by atoms with Crippen molar-refractivity contribution in [1.82, 2.24) is 10.2 Å². The van der Waals surface area contributed by atoms with E-state index in [-0.39, 0.29) is 6.04 Å². The number of ether oxygens (including phenoxy) is 3. The number of rotatable bonds is 8. The fourth-order valence-corrected chi connectivity index (χ4v) is 4.34. The molecule has 0 spiro atoms. The van der Waals surface area contributed by atoms with Crippen LogP contribution in [-0.4, -0.2) is 45.3 Å². The number of halogens is 1. The van der Waals surface area contributed by atoms with Crippen LogP contribution in [-0.2, 0) is 6.61 Å². The molecule has 0 aliphatic carbocycles. The van der Waals surface area contributed by atoms with Crippen molar-refractivity contribution in [2.45, 2.75) is 12.6 Å². The van der Waals surface area contributed by atoms with Crippen molar-refractivity contribution < 1.29 is 14.2 Å². The van der Waals surface area contributed by atoms with Gasteiger partial charge in [0, 0.05) is 36.8 Å². The summed E-state index contributed by atoms with van der Waals surface area (Å²) in [4.78, 5) is 2.45. The van der Waals surface area contributed by atoms with Gasteiger partial charge in [-0.2, -0.15) is 0 Å². The third kappa shape index (κ3) is 5.18. The van der Waals surface area contributed by atoms with Gasteiger partial charge in [-0.3, -0.25) is 4.90 Å². The zero-order chi connectivity index (χ0) is 22.3. The lowest BCUT2D eigenvalue weighted by molar-refractivity contribution is 0.195. The minimum atomic E-state index is -0.0113. The van der Waals surface area contributed by atoms with Crippen molar-refractivity contribution in [2.75, 3.05) is 40.4 Å². The lowest BCUT2D eigenvalue weighted by Crippen LogP contribution is -2.45. The average molecular weight is 453 g/mol. The SMILES string of the molecule is COc1cc(C(c2cc(Cl)ccc2OC)N2CCNCC2)ccc1OCc1ccccc1. The predicted molar refractivity (Wildman–Crippen MR) is 128 cm³/mol. The highest BCUT2D eigenvalue weighted by Crippen LogP contribution is 2.40. The zero-order valence-corrected chi connectivity index (χ0v) is 19.3. The smallest absolute Gasteiger partial charge is 0.161 e. The van der Waals surface area contributed by atoms with Crippen LogP contribution in [0.15, 0.2) is 66.7 Å². The maximum Gasteiger partial charge on any atom is 0.161 e. The monoisotopic (exact) mass is 452 g/mol. The molecule has 1 aliphatic rings. The van der Waals surface area contributed by atoms with Crippen molar-refractivity contribution in [2.24, 2.45) is 0 Å². The minimum absolute atomic E-state index is 0.0113. The van der Waals surface area contributed by atoms with Crippen LogP contribution in [0.25, 0.3) is 0 Å². The van der Waals surface area contributed by atoms with Crippen LogP contribution in [0.2, 0.25) is 5.02 Å². The summed E-state index contributed by atoms with van der Waals surface area (Å²) < 4.78 is 17.5. The fraction of sp³-hybridized carbons (Fsp3) is 0.308. The highest BCUT2D eigenvalue weighted by atomic mass is 35.5. The second-order valence-electron chi connectivity index (χ2n) is 7.76. The number of benzene rings is 3. The van der Waals surface area contributed by atoms with E-state index in [1.807, 2.05) is 54.6 Å². The van der Waals surface area contributed by atoms with Gasteiger partial charge in [-0.15, -0.1) is 0 Å². The normalized spacial score (nSPS) is 15.2. The van der Waals surface area contributed by atoms with Gasteiger partial charge in [-0.05, 0) is 41.5 Å². The van der Waals surface area contributed by atoms with Gasteiger partial charge in [0.2, 0.25) is 0 Å². The first-order chi connectivity index (χ1) is 15.7. The van der Waals surface area contributed by atoms with E-state index in [9.17, 15) is 0 Å². The van der Waals surface area contributed by atoms with E-state index in [1.54, 1.807) is 14.2 Å². The molecule has 3 aromatic rings. The van der Waals surface area contributed by atoms with Crippen molar-refractivity contribution in [3.05, 3.63) is 88.4 Å². The number of hydrogen-bond acceptors (Lipinski definition) is 5. The molecule has 0 aromatic heterocycles. The van der Waals surface area contributed by atoms with E-state index in [4.69, 9.17) is 25.8 Å². The maximum absolute atomic E-state index is 6.40. The summed E-state index contributed by atoms with van der Waals surface area (Å²) in [5.41, 5.74) is 3.26. The van der Waals surface area contributed by atoms with E-state index >= 15 is 0 Å². The number of methoxy groups -OCH3 is 2. The largest absolute Gasteiger partial charge is 0.496 e. The Morgan fingerprint density at radius 2 is 1.59 bits per heavy atom. The molecule has 4 rings (SSSR count). The van der Waals surface area contributed by atoms with Gasteiger partial charge in [-0.1, -0.05) is 48.0 Å². The van der Waals surface area contributed by atoms with Crippen molar-refractivity contribution >= 4 is 11.6 Å². The Bertz CT molecular complexity index is 1020. The molecule has 1 heterocycles. The first kappa shape index (κ1) is 22.5. The van der Waals surface area contributed by atoms with E-state index in [2.05, 4.69) is 22.3 Å². The Morgan fingerprint density at radius 3 is 2.31 bits per heavy atom. The molecule has 0 saturated carbocycles. The highest BCUT2D eigenvalue weighted by Gasteiger charge is 2.27. The van der Waals surface area contributed by atoms with E-state index in [0.29, 0.717) is 17.4 Å². The van der Waals surface area contributed by atoms with Crippen molar-refractivity contribution in [3.63, 3.8) is 0 Å². The van der Waals surface area contributed by atoms with Crippen LogP contribution in [0.5, 0.6) is 17.2 Å². The molecule has 32 heavy (non-hydrogen) atoms. The van der Waals surface area contributed by atoms with Gasteiger partial charge >= 0.3 is 0 Å². The standard InChI is InChI=1S/C26H29ClN2O3/c1-30-23-11-9-21(27)17-22(23)26(29-14-12-28-13-15-29)20-8-10-24(25(16-20)31-2)32-18-19-6-4-3-5-7-19/h3-11,16-17,26,28H,12-15,18H2,1-2H3. The molecular formula is C26H29ClN2O3. The topological polar surface area (TPSA) is 43.0 Å². The molecule has 1 fully saturated rings. The van der Waals surface area contributed by atoms with E-state index in [0.717, 1.165) is 54.4 Å². The molecule has 1 aliphatic heterocycles. The van der Waals surface area contributed by atoms with Crippen LogP contribution in [0.3, 0.4) is 0 Å². The number of piperazine rings is 1. The second kappa shape index (κ2) is 10.7. The molecule has 0 bridgehead atoms. The number of hydrogen-bond donors (Lipinski definition) is 1. The average Bonchev–Trinajstić information content (AvgIpc) is 2.85. The van der Waals surface area contributed by atoms with Gasteiger partial charge in [0.15, 0.2) is 11.5 Å². The molecule has 3 aromatic carbocycles. The van der Waals surface area contributed by atoms with E-state index in [1.165, 1.54) is 0 Å². The van der Waals surface area contributed by atoms with Crippen LogP contribution >= 0.6 is 11.6 Å². The summed E-state index contributed by atoms with van der Waals surface area (Å²) in [5, 5.41) is 4.12. The predicted octanol–water partition coefficient (Wildman–Crippen LogP) is 4.93. The zero-order valence-electron chi connectivity index (χ0n) is 18.5. The molecule has 168 valence electrons. The Morgan fingerprint density at radius 1 is 0.875 bits per heavy atom. The van der Waals surface area contributed by atoms with Crippen LogP contribution in [0, 0.1) is 0 Å². The van der Waals surface area contributed by atoms with Crippen molar-refractivity contribution in [3.8, 4) is 17.2 Å². The Hall–Kier alpha value is -2.73. The second-order valence-corrected chi connectivity index (χ2v) is 8.20. The highest BCUT2D eigenvalue weighted by molar-refractivity contribution is 6.30. The summed E-state index contributed by atoms with van der Waals surface area (Å²) in [5.74, 6) is 2.25. The summed E-state index contributed by atoms with van der Waals surface area (Å²) in [6.45, 7) is 4.22. The lowest BCUT2D eigenvalue weighted by atomic mass is 9.95. The summed E-state index contributed by atoms with van der Waals surface area (Å²) in [6, 6.07) is 22.1. The molecule has 6 heteroatoms. The number of nitrogens with zero attached hydrogens (tertiary/aromatic N) is 1. The Labute approximate surface area is 194 Å². The maximum atomic E-state index is 6.40. The quantitative estimate of drug-likeness (QED) is 0.525. The molecule has 1 saturated heterocycles. The Balaban J connectivity index is 1.68. The summed E-state index contributed by atoms with van der Waals surface area (Å²) in [7, 11) is 3.37. The molecule has 1 N–H and O–H groups in total. The molecule has 0 radical (unpaired) electrons. The van der Waals surface area contributed by atoms with Gasteiger partial charge < -0.3 is 19.5 Å². The van der Waals surface area contributed by atoms with Crippen LogP contribution in [0.1, 0.15) is 22.7 Å². The van der Waals surface area contributed by atoms with Gasteiger partial charge in [-0.25, -0.2) is 0 Å². The molecule has 5 nitrogen and oxygen atoms in total. The van der Waals surface area contributed by atoms with Crippen LogP contribution in [0.4, 0.5) is 0 Å². The third-order valence-corrected chi connectivity index (χ3v) is 5.98. The van der Waals surface area contributed by atoms with Gasteiger partial charge in [0.25, 0.3) is 0 Å².